The number of sulfone groups is 1. The van der Waals surface area contributed by atoms with Gasteiger partial charge in [0.25, 0.3) is 0 Å². The molecule has 2 saturated heterocycles. The predicted molar refractivity (Wildman–Crippen MR) is 143 cm³/mol. The summed E-state index contributed by atoms with van der Waals surface area (Å²) in [6.45, 7) is 15.6. The minimum atomic E-state index is -3.71. The minimum absolute atomic E-state index is 0.0141. The number of rotatable bonds is 7. The lowest BCUT2D eigenvalue weighted by atomic mass is 9.81. The molecule has 1 aromatic rings. The number of nitrogens with zero attached hydrogens (tertiary/aromatic N) is 3. The van der Waals surface area contributed by atoms with Crippen molar-refractivity contribution < 1.29 is 32.1 Å². The molecule has 0 bridgehead atoms. The first-order chi connectivity index (χ1) is 17.4. The van der Waals surface area contributed by atoms with E-state index in [0.29, 0.717) is 25.0 Å². The second kappa shape index (κ2) is 11.1. The summed E-state index contributed by atoms with van der Waals surface area (Å²) >= 11 is 0. The molecule has 0 aliphatic carbocycles. The lowest BCUT2D eigenvalue weighted by molar-refractivity contribution is -0.134. The zero-order valence-electron chi connectivity index (χ0n) is 23.7. The summed E-state index contributed by atoms with van der Waals surface area (Å²) in [5.74, 6) is -0.327. The first-order valence-corrected chi connectivity index (χ1v) is 14.7. The molecule has 2 atom stereocenters. The molecule has 1 aromatic heterocycles. The number of amides is 2. The molecule has 0 aromatic carbocycles. The van der Waals surface area contributed by atoms with Crippen LogP contribution in [0.2, 0.25) is 0 Å². The molecule has 2 fully saturated rings. The lowest BCUT2D eigenvalue weighted by Crippen LogP contribution is -2.50. The van der Waals surface area contributed by atoms with Crippen molar-refractivity contribution in [3.8, 4) is 0 Å². The molecule has 11 nitrogen and oxygen atoms in total. The van der Waals surface area contributed by atoms with E-state index in [0.717, 1.165) is 12.8 Å². The molecule has 0 saturated carbocycles. The maximum atomic E-state index is 12.9. The molecule has 2 unspecified atom stereocenters. The number of aromatic nitrogens is 2. The summed E-state index contributed by atoms with van der Waals surface area (Å²) in [5.41, 5.74) is -1.16. The highest BCUT2D eigenvalue weighted by Gasteiger charge is 2.52. The van der Waals surface area contributed by atoms with E-state index in [-0.39, 0.29) is 22.7 Å². The van der Waals surface area contributed by atoms with Crippen molar-refractivity contribution >= 4 is 34.4 Å². The van der Waals surface area contributed by atoms with E-state index in [1.807, 2.05) is 27.7 Å². The van der Waals surface area contributed by atoms with Crippen LogP contribution in [0.3, 0.4) is 0 Å². The van der Waals surface area contributed by atoms with Crippen LogP contribution in [0.4, 0.5) is 4.79 Å². The van der Waals surface area contributed by atoms with Gasteiger partial charge in [-0.15, -0.1) is 0 Å². The molecule has 2 aliphatic heterocycles. The van der Waals surface area contributed by atoms with Gasteiger partial charge in [-0.25, -0.2) is 23.2 Å². The average Bonchev–Trinajstić information content (AvgIpc) is 3.03. The van der Waals surface area contributed by atoms with Gasteiger partial charge < -0.3 is 24.3 Å². The zero-order valence-corrected chi connectivity index (χ0v) is 24.6. The molecule has 2 amide bonds. The molecule has 0 spiro atoms. The second-order valence-electron chi connectivity index (χ2n) is 12.2. The monoisotopic (exact) mass is 552 g/mol. The van der Waals surface area contributed by atoms with Crippen molar-refractivity contribution in [1.82, 2.24) is 20.2 Å². The number of alkyl carbamates (subject to hydrolysis) is 1. The summed E-state index contributed by atoms with van der Waals surface area (Å²) in [4.78, 5) is 34.8. The quantitative estimate of drug-likeness (QED) is 0.398. The third-order valence-electron chi connectivity index (χ3n) is 7.18. The van der Waals surface area contributed by atoms with Gasteiger partial charge >= 0.3 is 13.2 Å². The Hall–Kier alpha value is -2.25. The molecule has 1 N–H and O–H groups in total. The Labute approximate surface area is 226 Å². The standard InChI is InChI=1S/C25H41BN4O7S/c1-17(29-22(32)35-23(2,3)4)20(31)30-12-9-10-18(16-30)11-13-38(33,34)21-27-14-19(15-28-21)26-36-24(5,6)25(7,8)37-26/h14-15,17-18H,9-13,16H2,1-8H3,(H,29,32). The van der Waals surface area contributed by atoms with Gasteiger partial charge in [-0.2, -0.15) is 0 Å². The Balaban J connectivity index is 1.54. The number of likely N-dealkylation sites (tertiary alicyclic amines) is 1. The van der Waals surface area contributed by atoms with Crippen LogP contribution in [0.1, 0.15) is 74.7 Å². The normalized spacial score (nSPS) is 22.2. The van der Waals surface area contributed by atoms with E-state index < -0.39 is 45.9 Å². The number of piperidine rings is 1. The van der Waals surface area contributed by atoms with Crippen LogP contribution in [0.15, 0.2) is 17.6 Å². The van der Waals surface area contributed by atoms with Crippen LogP contribution < -0.4 is 10.8 Å². The molecule has 212 valence electrons. The van der Waals surface area contributed by atoms with Crippen LogP contribution in [0.25, 0.3) is 0 Å². The zero-order chi connectivity index (χ0) is 28.5. The van der Waals surface area contributed by atoms with Crippen LogP contribution in [-0.4, -0.2) is 84.1 Å². The number of hydrogen-bond donors (Lipinski definition) is 1. The number of carbonyl (C=O) groups is 2. The molecule has 0 radical (unpaired) electrons. The van der Waals surface area contributed by atoms with Gasteiger partial charge in [-0.3, -0.25) is 4.79 Å². The predicted octanol–water partition coefficient (Wildman–Crippen LogP) is 2.09. The van der Waals surface area contributed by atoms with E-state index in [1.165, 1.54) is 12.4 Å². The van der Waals surface area contributed by atoms with Gasteiger partial charge in [0.15, 0.2) is 0 Å². The average molecular weight is 553 g/mol. The Morgan fingerprint density at radius 1 is 1.18 bits per heavy atom. The Kier molecular flexibility index (Phi) is 8.84. The summed E-state index contributed by atoms with van der Waals surface area (Å²) in [6, 6.07) is -0.747. The van der Waals surface area contributed by atoms with E-state index in [1.54, 1.807) is 32.6 Å². The van der Waals surface area contributed by atoms with Crippen molar-refractivity contribution in [2.45, 2.75) is 103 Å². The van der Waals surface area contributed by atoms with Crippen molar-refractivity contribution in [1.29, 1.82) is 0 Å². The summed E-state index contributed by atoms with van der Waals surface area (Å²) in [5, 5.41) is 2.34. The summed E-state index contributed by atoms with van der Waals surface area (Å²) < 4.78 is 43.1. The lowest BCUT2D eigenvalue weighted by Gasteiger charge is -2.34. The Bertz CT molecular complexity index is 1100. The first-order valence-electron chi connectivity index (χ1n) is 13.1. The van der Waals surface area contributed by atoms with E-state index >= 15 is 0 Å². The molecular weight excluding hydrogens is 511 g/mol. The van der Waals surface area contributed by atoms with E-state index in [9.17, 15) is 18.0 Å². The Morgan fingerprint density at radius 2 is 1.76 bits per heavy atom. The fraction of sp³-hybridized carbons (Fsp3) is 0.760. The van der Waals surface area contributed by atoms with Crippen molar-refractivity contribution in [3.05, 3.63) is 12.4 Å². The van der Waals surface area contributed by atoms with Gasteiger partial charge in [0.1, 0.15) is 11.6 Å². The van der Waals surface area contributed by atoms with Gasteiger partial charge in [-0.1, -0.05) is 0 Å². The molecule has 2 aliphatic rings. The number of hydrogen-bond acceptors (Lipinski definition) is 9. The van der Waals surface area contributed by atoms with E-state index in [4.69, 9.17) is 14.0 Å². The van der Waals surface area contributed by atoms with Crippen LogP contribution in [-0.2, 0) is 28.7 Å². The maximum absolute atomic E-state index is 12.9. The number of nitrogens with one attached hydrogen (secondary N) is 1. The summed E-state index contributed by atoms with van der Waals surface area (Å²) in [6.07, 6.45) is 4.17. The number of carbonyl (C=O) groups excluding carboxylic acids is 2. The highest BCUT2D eigenvalue weighted by Crippen LogP contribution is 2.36. The van der Waals surface area contributed by atoms with Gasteiger partial charge in [0.2, 0.25) is 20.9 Å². The van der Waals surface area contributed by atoms with Crippen molar-refractivity contribution in [3.63, 3.8) is 0 Å². The molecule has 3 rings (SSSR count). The fourth-order valence-corrected chi connectivity index (χ4v) is 5.57. The smallest absolute Gasteiger partial charge is 0.444 e. The van der Waals surface area contributed by atoms with Crippen LogP contribution in [0.5, 0.6) is 0 Å². The second-order valence-corrected chi connectivity index (χ2v) is 14.2. The molecule has 13 heteroatoms. The topological polar surface area (TPSA) is 137 Å². The molecule has 38 heavy (non-hydrogen) atoms. The minimum Gasteiger partial charge on any atom is -0.444 e. The highest BCUT2D eigenvalue weighted by atomic mass is 32.2. The summed E-state index contributed by atoms with van der Waals surface area (Å²) in [7, 11) is -4.39. The third-order valence-corrected chi connectivity index (χ3v) is 8.72. The van der Waals surface area contributed by atoms with Crippen LogP contribution in [0, 0.1) is 5.92 Å². The molecule has 3 heterocycles. The first kappa shape index (κ1) is 30.3. The van der Waals surface area contributed by atoms with E-state index in [2.05, 4.69) is 15.3 Å². The third kappa shape index (κ3) is 7.44. The Morgan fingerprint density at radius 3 is 2.32 bits per heavy atom. The largest absolute Gasteiger partial charge is 0.498 e. The van der Waals surface area contributed by atoms with Crippen molar-refractivity contribution in [2.75, 3.05) is 18.8 Å². The van der Waals surface area contributed by atoms with Gasteiger partial charge in [0.05, 0.1) is 17.0 Å². The van der Waals surface area contributed by atoms with Gasteiger partial charge in [-0.05, 0) is 80.6 Å². The van der Waals surface area contributed by atoms with Gasteiger partial charge in [0, 0.05) is 30.9 Å². The highest BCUT2D eigenvalue weighted by molar-refractivity contribution is 7.91. The van der Waals surface area contributed by atoms with Crippen LogP contribution >= 0.6 is 0 Å². The number of ether oxygens (including phenoxy) is 1. The van der Waals surface area contributed by atoms with Crippen molar-refractivity contribution in [2.24, 2.45) is 5.92 Å². The molecular formula is C25H41BN4O7S. The maximum Gasteiger partial charge on any atom is 0.498 e. The fourth-order valence-electron chi connectivity index (χ4n) is 4.32. The SMILES string of the molecule is CC(NC(=O)OC(C)(C)C)C(=O)N1CCCC(CCS(=O)(=O)c2ncc(B3OC(C)(C)C(C)(C)O3)cn2)C1.